The molecule has 0 radical (unpaired) electrons. The van der Waals surface area contributed by atoms with Crippen LogP contribution in [0.3, 0.4) is 0 Å². The Morgan fingerprint density at radius 3 is 2.50 bits per heavy atom. The van der Waals surface area contributed by atoms with Gasteiger partial charge in [-0.3, -0.25) is 0 Å². The van der Waals surface area contributed by atoms with E-state index < -0.39 is 0 Å². The van der Waals surface area contributed by atoms with Crippen LogP contribution in [0.4, 0.5) is 14.5 Å². The fourth-order valence-electron chi connectivity index (χ4n) is 1.53. The second-order valence-electron chi connectivity index (χ2n) is 3.69. The Bertz CT molecular complexity index is 553. The van der Waals surface area contributed by atoms with Gasteiger partial charge in [0.1, 0.15) is 11.6 Å². The van der Waals surface area contributed by atoms with E-state index >= 15 is 0 Å². The molecule has 0 unspecified atom stereocenters. The molecule has 0 aliphatic carbocycles. The van der Waals surface area contributed by atoms with E-state index in [1.165, 1.54) is 18.2 Å². The number of benzene rings is 2. The molecule has 1 N–H and O–H groups in total. The third kappa shape index (κ3) is 3.09. The zero-order chi connectivity index (χ0) is 13.1. The second-order valence-corrected chi connectivity index (χ2v) is 5.39. The number of halogens is 4. The molecule has 2 aromatic rings. The maximum atomic E-state index is 13.6. The Morgan fingerprint density at radius 1 is 1.00 bits per heavy atom. The van der Waals surface area contributed by atoms with Crippen molar-refractivity contribution in [1.82, 2.24) is 0 Å². The van der Waals surface area contributed by atoms with Crippen molar-refractivity contribution in [3.8, 4) is 0 Å². The first kappa shape index (κ1) is 13.5. The number of nitrogens with one attached hydrogen (secondary N) is 1. The first-order chi connectivity index (χ1) is 8.58. The Hall–Kier alpha value is -0.940. The monoisotopic (exact) mass is 375 g/mol. The highest BCUT2D eigenvalue weighted by Crippen LogP contribution is 2.26. The lowest BCUT2D eigenvalue weighted by molar-refractivity contribution is 0.624. The summed E-state index contributed by atoms with van der Waals surface area (Å²) in [5, 5.41) is 2.95. The molecule has 2 aromatic carbocycles. The van der Waals surface area contributed by atoms with Gasteiger partial charge in [0.25, 0.3) is 0 Å². The lowest BCUT2D eigenvalue weighted by Crippen LogP contribution is -2.03. The SMILES string of the molecule is Fc1ccc(Br)c(CNc2c(F)cccc2Br)c1. The lowest BCUT2D eigenvalue weighted by atomic mass is 10.2. The van der Waals surface area contributed by atoms with E-state index in [-0.39, 0.29) is 11.6 Å². The molecule has 0 heterocycles. The average Bonchev–Trinajstić information content (AvgIpc) is 2.33. The molecule has 0 aromatic heterocycles. The van der Waals surface area contributed by atoms with Gasteiger partial charge in [0.05, 0.1) is 5.69 Å². The third-order valence-corrected chi connectivity index (χ3v) is 3.86. The maximum absolute atomic E-state index is 13.6. The van der Waals surface area contributed by atoms with Crippen LogP contribution < -0.4 is 5.32 Å². The summed E-state index contributed by atoms with van der Waals surface area (Å²) < 4.78 is 28.1. The van der Waals surface area contributed by atoms with Gasteiger partial charge in [0.2, 0.25) is 0 Å². The largest absolute Gasteiger partial charge is 0.378 e. The molecule has 0 aliphatic heterocycles. The zero-order valence-corrected chi connectivity index (χ0v) is 12.4. The molecule has 2 rings (SSSR count). The fraction of sp³-hybridized carbons (Fsp3) is 0.0769. The summed E-state index contributed by atoms with van der Waals surface area (Å²) in [4.78, 5) is 0. The number of anilines is 1. The minimum Gasteiger partial charge on any atom is -0.378 e. The summed E-state index contributed by atoms with van der Waals surface area (Å²) in [5.74, 6) is -0.667. The summed E-state index contributed by atoms with van der Waals surface area (Å²) in [6, 6.07) is 9.13. The predicted molar refractivity (Wildman–Crippen MR) is 75.5 cm³/mol. The zero-order valence-electron chi connectivity index (χ0n) is 9.18. The molecular formula is C13H9Br2F2N. The van der Waals surface area contributed by atoms with E-state index in [1.807, 2.05) is 0 Å². The summed E-state index contributed by atoms with van der Waals surface area (Å²) in [5.41, 5.74) is 1.10. The predicted octanol–water partition coefficient (Wildman–Crippen LogP) is 5.10. The van der Waals surface area contributed by atoms with Crippen molar-refractivity contribution in [1.29, 1.82) is 0 Å². The number of para-hydroxylation sites is 1. The Balaban J connectivity index is 2.19. The lowest BCUT2D eigenvalue weighted by Gasteiger charge is -2.11. The number of hydrogen-bond acceptors (Lipinski definition) is 1. The van der Waals surface area contributed by atoms with Gasteiger partial charge in [-0.25, -0.2) is 8.78 Å². The Kier molecular flexibility index (Phi) is 4.35. The average molecular weight is 377 g/mol. The molecule has 0 bridgehead atoms. The van der Waals surface area contributed by atoms with Gasteiger partial charge in [0.15, 0.2) is 0 Å². The number of rotatable bonds is 3. The molecule has 0 aliphatic rings. The topological polar surface area (TPSA) is 12.0 Å². The van der Waals surface area contributed by atoms with Gasteiger partial charge in [-0.2, -0.15) is 0 Å². The van der Waals surface area contributed by atoms with Gasteiger partial charge in [-0.15, -0.1) is 0 Å². The van der Waals surface area contributed by atoms with Gasteiger partial charge >= 0.3 is 0 Å². The van der Waals surface area contributed by atoms with E-state index in [0.717, 1.165) is 10.0 Å². The van der Waals surface area contributed by atoms with E-state index in [9.17, 15) is 8.78 Å². The number of hydrogen-bond donors (Lipinski definition) is 1. The van der Waals surface area contributed by atoms with Gasteiger partial charge in [0, 0.05) is 15.5 Å². The van der Waals surface area contributed by atoms with Gasteiger partial charge < -0.3 is 5.32 Å². The van der Waals surface area contributed by atoms with Crippen molar-refractivity contribution < 1.29 is 8.78 Å². The Labute approximate surface area is 120 Å². The molecule has 0 fully saturated rings. The fourth-order valence-corrected chi connectivity index (χ4v) is 2.40. The van der Waals surface area contributed by atoms with Crippen molar-refractivity contribution >= 4 is 37.5 Å². The summed E-state index contributed by atoms with van der Waals surface area (Å²) in [6.45, 7) is 0.331. The highest BCUT2D eigenvalue weighted by Gasteiger charge is 2.07. The van der Waals surface area contributed by atoms with Crippen LogP contribution >= 0.6 is 31.9 Å². The van der Waals surface area contributed by atoms with Crippen LogP contribution in [-0.4, -0.2) is 0 Å². The standard InChI is InChI=1S/C13H9Br2F2N/c14-10-5-4-9(16)6-8(10)7-18-13-11(15)2-1-3-12(13)17/h1-6,18H,7H2. The quantitative estimate of drug-likeness (QED) is 0.785. The van der Waals surface area contributed by atoms with Crippen LogP contribution in [0.15, 0.2) is 45.3 Å². The van der Waals surface area contributed by atoms with Crippen molar-refractivity contribution in [3.63, 3.8) is 0 Å². The van der Waals surface area contributed by atoms with Crippen LogP contribution in [0.5, 0.6) is 0 Å². The highest BCUT2D eigenvalue weighted by atomic mass is 79.9. The van der Waals surface area contributed by atoms with E-state index in [2.05, 4.69) is 37.2 Å². The van der Waals surface area contributed by atoms with E-state index in [0.29, 0.717) is 16.7 Å². The van der Waals surface area contributed by atoms with Crippen molar-refractivity contribution in [3.05, 3.63) is 62.5 Å². The van der Waals surface area contributed by atoms with Crippen LogP contribution in [0, 0.1) is 11.6 Å². The molecule has 0 saturated heterocycles. The molecule has 94 valence electrons. The molecule has 0 spiro atoms. The van der Waals surface area contributed by atoms with Crippen LogP contribution in [0.2, 0.25) is 0 Å². The summed E-state index contributed by atoms with van der Waals surface area (Å²) in [6.07, 6.45) is 0. The first-order valence-corrected chi connectivity index (χ1v) is 6.78. The second kappa shape index (κ2) is 5.80. The van der Waals surface area contributed by atoms with E-state index in [1.54, 1.807) is 18.2 Å². The maximum Gasteiger partial charge on any atom is 0.147 e. The molecular weight excluding hydrogens is 368 g/mol. The molecule has 0 saturated carbocycles. The van der Waals surface area contributed by atoms with Crippen LogP contribution in [0.25, 0.3) is 0 Å². The molecule has 5 heteroatoms. The normalized spacial score (nSPS) is 10.4. The van der Waals surface area contributed by atoms with Gasteiger partial charge in [-0.1, -0.05) is 22.0 Å². The van der Waals surface area contributed by atoms with Crippen molar-refractivity contribution in [2.75, 3.05) is 5.32 Å². The highest BCUT2D eigenvalue weighted by molar-refractivity contribution is 9.10. The summed E-state index contributed by atoms with van der Waals surface area (Å²) >= 11 is 6.59. The minimum atomic E-state index is -0.350. The van der Waals surface area contributed by atoms with E-state index in [4.69, 9.17) is 0 Å². The smallest absolute Gasteiger partial charge is 0.147 e. The third-order valence-electron chi connectivity index (χ3n) is 2.43. The van der Waals surface area contributed by atoms with Crippen LogP contribution in [0.1, 0.15) is 5.56 Å². The van der Waals surface area contributed by atoms with Gasteiger partial charge in [-0.05, 0) is 51.8 Å². The molecule has 0 amide bonds. The van der Waals surface area contributed by atoms with Crippen molar-refractivity contribution in [2.45, 2.75) is 6.54 Å². The van der Waals surface area contributed by atoms with Crippen LogP contribution in [-0.2, 0) is 6.54 Å². The Morgan fingerprint density at radius 2 is 1.78 bits per heavy atom. The molecule has 0 atom stereocenters. The molecule has 1 nitrogen and oxygen atoms in total. The first-order valence-electron chi connectivity index (χ1n) is 5.20. The summed E-state index contributed by atoms with van der Waals surface area (Å²) in [7, 11) is 0. The molecule has 18 heavy (non-hydrogen) atoms. The van der Waals surface area contributed by atoms with Crippen molar-refractivity contribution in [2.24, 2.45) is 0 Å². The minimum absolute atomic E-state index is 0.317.